The second kappa shape index (κ2) is 17.1. The van der Waals surface area contributed by atoms with Crippen LogP contribution in [0.25, 0.3) is 0 Å². The fourth-order valence-corrected chi connectivity index (χ4v) is 5.97. The number of anilines is 5. The number of hydrogen-bond acceptors (Lipinski definition) is 16. The number of benzene rings is 5. The van der Waals surface area contributed by atoms with Crippen molar-refractivity contribution in [3.63, 3.8) is 0 Å². The number of para-hydroxylation sites is 1. The van der Waals surface area contributed by atoms with Crippen molar-refractivity contribution in [2.45, 2.75) is 16.3 Å². The molecule has 0 saturated heterocycles. The van der Waals surface area contributed by atoms with Crippen LogP contribution in [-0.4, -0.2) is 55.1 Å². The van der Waals surface area contributed by atoms with Gasteiger partial charge in [0.2, 0.25) is 11.9 Å². The van der Waals surface area contributed by atoms with Crippen LogP contribution in [-0.2, 0) is 26.8 Å². The van der Waals surface area contributed by atoms with Crippen molar-refractivity contribution >= 4 is 71.9 Å². The highest BCUT2D eigenvalue weighted by atomic mass is 32.2. The minimum atomic E-state index is -4.40. The molecule has 0 aliphatic heterocycles. The quantitative estimate of drug-likeness (QED) is 0.0484. The van der Waals surface area contributed by atoms with E-state index >= 15 is 0 Å². The van der Waals surface area contributed by atoms with Crippen LogP contribution in [0.5, 0.6) is 11.5 Å². The molecule has 0 saturated carbocycles. The van der Waals surface area contributed by atoms with E-state index in [9.17, 15) is 25.9 Å². The van der Waals surface area contributed by atoms with E-state index in [1.165, 1.54) is 56.7 Å². The number of nitrogens with one attached hydrogen (secondary N) is 3. The van der Waals surface area contributed by atoms with Crippen LogP contribution in [0.1, 0.15) is 5.82 Å². The molecule has 0 radical (unpaired) electrons. The number of methoxy groups -OCH3 is 2. The number of nitrogens with zero attached hydrogens (tertiary/aromatic N) is 7. The van der Waals surface area contributed by atoms with E-state index in [1.807, 2.05) is 30.3 Å². The Bertz CT molecular complexity index is 2650. The largest absolute Gasteiger partial charge is 0.495 e. The summed E-state index contributed by atoms with van der Waals surface area (Å²) in [6.45, 7) is 0.134. The lowest BCUT2D eigenvalue weighted by molar-refractivity contribution is 0.416. The lowest BCUT2D eigenvalue weighted by atomic mass is 10.2. The molecule has 0 atom stereocenters. The summed E-state index contributed by atoms with van der Waals surface area (Å²) in [7, 11) is -5.83. The molecule has 0 aliphatic rings. The highest BCUT2D eigenvalue weighted by molar-refractivity contribution is 7.86. The maximum absolute atomic E-state index is 11.5. The molecule has 18 nitrogen and oxygen atoms in total. The van der Waals surface area contributed by atoms with Gasteiger partial charge in [-0.25, -0.2) is 0 Å². The third kappa shape index (κ3) is 10.4. The topological polar surface area (TPSA) is 251 Å². The summed E-state index contributed by atoms with van der Waals surface area (Å²) in [5.74, 6) is 1.59. The van der Waals surface area contributed by atoms with E-state index in [0.717, 1.165) is 5.69 Å². The van der Waals surface area contributed by atoms with Gasteiger partial charge in [-0.3, -0.25) is 9.11 Å². The van der Waals surface area contributed by atoms with E-state index in [0.29, 0.717) is 40.1 Å². The molecule has 0 amide bonds. The van der Waals surface area contributed by atoms with Gasteiger partial charge in [-0.1, -0.05) is 30.3 Å². The molecule has 20 heteroatoms. The highest BCUT2D eigenvalue weighted by Crippen LogP contribution is 2.34. The smallest absolute Gasteiger partial charge is 0.294 e. The summed E-state index contributed by atoms with van der Waals surface area (Å²) in [6.07, 6.45) is 0. The maximum Gasteiger partial charge on any atom is 0.294 e. The van der Waals surface area contributed by atoms with Crippen molar-refractivity contribution in [1.82, 2.24) is 15.0 Å². The van der Waals surface area contributed by atoms with E-state index in [2.05, 4.69) is 51.4 Å². The first-order valence-electron chi connectivity index (χ1n) is 16.3. The van der Waals surface area contributed by atoms with Gasteiger partial charge < -0.3 is 25.4 Å². The number of aromatic nitrogens is 3. The molecule has 0 spiro atoms. The van der Waals surface area contributed by atoms with E-state index in [1.54, 1.807) is 42.5 Å². The molecule has 5 aromatic carbocycles. The standard InChI is InChI=1S/C36H32N10O8S2/c1-53-32-20-26(45-43-24-10-6-12-28(18-24)55(47,48)49)14-16-30(32)37-22-34-40-35(38-23-8-4-3-5-9-23)42-36(41-34)39-31-17-15-27(21-33(31)54-2)46-44-25-11-7-13-29(19-25)56(50,51)52/h3-21,37H,22H2,1-2H3,(H,47,48,49)(H,50,51,52)(H2,38,39,40,41,42). The average molecular weight is 797 g/mol. The zero-order valence-corrected chi connectivity index (χ0v) is 31.1. The second-order valence-electron chi connectivity index (χ2n) is 11.5. The van der Waals surface area contributed by atoms with Gasteiger partial charge in [0, 0.05) is 17.8 Å². The Balaban J connectivity index is 1.22. The van der Waals surface area contributed by atoms with Crippen molar-refractivity contribution < 1.29 is 35.4 Å². The first kappa shape index (κ1) is 38.8. The Morgan fingerprint density at radius 1 is 0.554 bits per heavy atom. The van der Waals surface area contributed by atoms with Gasteiger partial charge in [-0.2, -0.15) is 52.2 Å². The molecule has 286 valence electrons. The van der Waals surface area contributed by atoms with Gasteiger partial charge >= 0.3 is 0 Å². The fourth-order valence-electron chi connectivity index (χ4n) is 4.93. The lowest BCUT2D eigenvalue weighted by Crippen LogP contribution is -2.11. The second-order valence-corrected chi connectivity index (χ2v) is 14.3. The molecule has 5 N–H and O–H groups in total. The van der Waals surface area contributed by atoms with E-state index in [4.69, 9.17) is 9.47 Å². The average Bonchev–Trinajstić information content (AvgIpc) is 3.19. The van der Waals surface area contributed by atoms with Crippen molar-refractivity contribution in [3.8, 4) is 11.5 Å². The SMILES string of the molecule is COc1cc(N=Nc2cccc(S(=O)(=O)O)c2)ccc1NCc1nc(Nc2ccccc2)nc(Nc2ccc(N=Nc3cccc(S(=O)(=O)O)c3)cc2OC)n1. The molecule has 1 aromatic heterocycles. The van der Waals surface area contributed by atoms with Gasteiger partial charge in [-0.15, -0.1) is 0 Å². The Labute approximate surface area is 320 Å². The van der Waals surface area contributed by atoms with E-state index in [-0.39, 0.29) is 39.6 Å². The third-order valence-electron chi connectivity index (χ3n) is 7.56. The van der Waals surface area contributed by atoms with Crippen molar-refractivity contribution in [2.24, 2.45) is 20.5 Å². The van der Waals surface area contributed by atoms with Crippen molar-refractivity contribution in [2.75, 3.05) is 30.2 Å². The van der Waals surface area contributed by atoms with Gasteiger partial charge in [-0.05, 0) is 72.8 Å². The molecule has 6 rings (SSSR count). The zero-order valence-electron chi connectivity index (χ0n) is 29.5. The Morgan fingerprint density at radius 2 is 1.04 bits per heavy atom. The van der Waals surface area contributed by atoms with Crippen molar-refractivity contribution in [1.29, 1.82) is 0 Å². The summed E-state index contributed by atoms with van der Waals surface area (Å²) in [5.41, 5.74) is 3.07. The van der Waals surface area contributed by atoms with Gasteiger partial charge in [0.1, 0.15) is 11.5 Å². The maximum atomic E-state index is 11.5. The number of azo groups is 2. The van der Waals surface area contributed by atoms with Gasteiger partial charge in [0.25, 0.3) is 20.2 Å². The molecule has 6 aromatic rings. The third-order valence-corrected chi connectivity index (χ3v) is 9.26. The van der Waals surface area contributed by atoms with Crippen LogP contribution in [0.4, 0.5) is 51.7 Å². The minimum Gasteiger partial charge on any atom is -0.495 e. The van der Waals surface area contributed by atoms with Crippen LogP contribution in [0, 0.1) is 0 Å². The van der Waals surface area contributed by atoms with E-state index < -0.39 is 20.2 Å². The van der Waals surface area contributed by atoms with Crippen LogP contribution >= 0.6 is 0 Å². The van der Waals surface area contributed by atoms with Crippen LogP contribution in [0.2, 0.25) is 0 Å². The molecular weight excluding hydrogens is 765 g/mol. The van der Waals surface area contributed by atoms with Crippen molar-refractivity contribution in [3.05, 3.63) is 121 Å². The molecular formula is C36H32N10O8S2. The van der Waals surface area contributed by atoms with Crippen LogP contribution in [0.15, 0.2) is 146 Å². The summed E-state index contributed by atoms with van der Waals surface area (Å²) >= 11 is 0. The summed E-state index contributed by atoms with van der Waals surface area (Å²) in [5, 5.41) is 26.1. The molecule has 0 unspecified atom stereocenters. The van der Waals surface area contributed by atoms with Gasteiger partial charge in [0.05, 0.1) is 64.7 Å². The predicted octanol–water partition coefficient (Wildman–Crippen LogP) is 8.31. The van der Waals surface area contributed by atoms with Crippen LogP contribution in [0.3, 0.4) is 0 Å². The molecule has 0 bridgehead atoms. The number of ether oxygens (including phenoxy) is 2. The molecule has 1 heterocycles. The first-order chi connectivity index (χ1) is 26.9. The molecule has 56 heavy (non-hydrogen) atoms. The Morgan fingerprint density at radius 3 is 1.55 bits per heavy atom. The highest BCUT2D eigenvalue weighted by Gasteiger charge is 2.14. The Hall–Kier alpha value is -6.87. The normalized spacial score (nSPS) is 11.8. The summed E-state index contributed by atoms with van der Waals surface area (Å²) in [4.78, 5) is 13.2. The Kier molecular flexibility index (Phi) is 11.8. The summed E-state index contributed by atoms with van der Waals surface area (Å²) < 4.78 is 75.8. The first-order valence-corrected chi connectivity index (χ1v) is 19.2. The minimum absolute atomic E-state index is 0.134. The van der Waals surface area contributed by atoms with Crippen LogP contribution < -0.4 is 25.4 Å². The monoisotopic (exact) mass is 796 g/mol. The number of rotatable bonds is 15. The van der Waals surface area contributed by atoms with Gasteiger partial charge in [0.15, 0.2) is 5.82 Å². The zero-order chi connectivity index (χ0) is 39.7. The fraction of sp³-hybridized carbons (Fsp3) is 0.0833. The predicted molar refractivity (Wildman–Crippen MR) is 207 cm³/mol. The lowest BCUT2D eigenvalue weighted by Gasteiger charge is -2.14. The molecule has 0 aliphatic carbocycles. The summed E-state index contributed by atoms with van der Waals surface area (Å²) in [6, 6.07) is 30.2. The number of hydrogen-bond donors (Lipinski definition) is 5. The molecule has 0 fully saturated rings.